The molecule has 0 bridgehead atoms. The summed E-state index contributed by atoms with van der Waals surface area (Å²) in [5, 5.41) is 7.64. The van der Waals surface area contributed by atoms with Crippen molar-refractivity contribution in [2.45, 2.75) is 12.5 Å². The largest absolute Gasteiger partial charge is 0.480 e. The van der Waals surface area contributed by atoms with Gasteiger partial charge in [-0.15, -0.1) is 5.10 Å². The minimum absolute atomic E-state index is 0.0158. The molecule has 0 aliphatic rings. The first kappa shape index (κ1) is 14.8. The van der Waals surface area contributed by atoms with Crippen LogP contribution in [0, 0.1) is 11.6 Å². The maximum atomic E-state index is 13.9. The highest BCUT2D eigenvalue weighted by Gasteiger charge is 2.17. The first-order chi connectivity index (χ1) is 9.52. The van der Waals surface area contributed by atoms with Crippen LogP contribution >= 0.6 is 15.9 Å². The first-order valence-electron chi connectivity index (χ1n) is 5.78. The molecule has 0 fully saturated rings. The molecule has 0 aliphatic carbocycles. The molecular weight excluding hydrogens is 332 g/mol. The zero-order valence-corrected chi connectivity index (χ0v) is 12.2. The standard InChI is InChI=1S/C13H12BrF2N3O/c1-20-12-5-4-11(18-19-12)10(17)6-7-9(15)3-2-8(14)13(7)16/h2-5,10H,6,17H2,1H3. The Kier molecular flexibility index (Phi) is 4.61. The summed E-state index contributed by atoms with van der Waals surface area (Å²) in [7, 11) is 1.47. The van der Waals surface area contributed by atoms with Gasteiger partial charge in [0, 0.05) is 11.6 Å². The van der Waals surface area contributed by atoms with Gasteiger partial charge in [-0.1, -0.05) is 0 Å². The molecule has 106 valence electrons. The van der Waals surface area contributed by atoms with Crippen LogP contribution in [0.2, 0.25) is 0 Å². The van der Waals surface area contributed by atoms with Gasteiger partial charge < -0.3 is 10.5 Å². The maximum Gasteiger partial charge on any atom is 0.233 e. The van der Waals surface area contributed by atoms with Gasteiger partial charge in [0.1, 0.15) is 11.6 Å². The summed E-state index contributed by atoms with van der Waals surface area (Å²) < 4.78 is 32.6. The van der Waals surface area contributed by atoms with Crippen LogP contribution in [0.5, 0.6) is 5.88 Å². The first-order valence-corrected chi connectivity index (χ1v) is 6.57. The van der Waals surface area contributed by atoms with Gasteiger partial charge >= 0.3 is 0 Å². The van der Waals surface area contributed by atoms with Gasteiger partial charge in [0.05, 0.1) is 23.3 Å². The Balaban J connectivity index is 2.23. The van der Waals surface area contributed by atoms with E-state index >= 15 is 0 Å². The average molecular weight is 344 g/mol. The van der Waals surface area contributed by atoms with Gasteiger partial charge in [-0.25, -0.2) is 8.78 Å². The van der Waals surface area contributed by atoms with Crippen molar-refractivity contribution in [2.75, 3.05) is 7.11 Å². The minimum atomic E-state index is -0.660. The van der Waals surface area contributed by atoms with Crippen LogP contribution in [0.1, 0.15) is 17.3 Å². The molecule has 2 aromatic rings. The van der Waals surface area contributed by atoms with E-state index in [-0.39, 0.29) is 16.5 Å². The van der Waals surface area contributed by atoms with E-state index in [1.165, 1.54) is 19.2 Å². The lowest BCUT2D eigenvalue weighted by molar-refractivity contribution is 0.390. The molecule has 1 unspecified atom stereocenters. The van der Waals surface area contributed by atoms with Crippen molar-refractivity contribution in [3.63, 3.8) is 0 Å². The summed E-state index contributed by atoms with van der Waals surface area (Å²) in [6, 6.07) is 5.05. The van der Waals surface area contributed by atoms with Crippen LogP contribution in [0.4, 0.5) is 8.78 Å². The SMILES string of the molecule is COc1ccc(C(N)Cc2c(F)ccc(Br)c2F)nn1. The second kappa shape index (κ2) is 6.23. The Bertz CT molecular complexity index is 607. The van der Waals surface area contributed by atoms with Gasteiger partial charge in [-0.3, -0.25) is 0 Å². The van der Waals surface area contributed by atoms with E-state index < -0.39 is 17.7 Å². The molecule has 4 nitrogen and oxygen atoms in total. The monoisotopic (exact) mass is 343 g/mol. The van der Waals surface area contributed by atoms with E-state index in [9.17, 15) is 8.78 Å². The van der Waals surface area contributed by atoms with E-state index in [0.29, 0.717) is 11.6 Å². The van der Waals surface area contributed by atoms with Gasteiger partial charge in [0.15, 0.2) is 0 Å². The van der Waals surface area contributed by atoms with Crippen molar-refractivity contribution in [3.8, 4) is 5.88 Å². The molecular formula is C13H12BrF2N3O. The summed E-state index contributed by atoms with van der Waals surface area (Å²) in [5.74, 6) is -0.940. The molecule has 0 amide bonds. The topological polar surface area (TPSA) is 61.0 Å². The molecule has 1 aromatic heterocycles. The Labute approximate surface area is 123 Å². The van der Waals surface area contributed by atoms with Crippen molar-refractivity contribution in [1.82, 2.24) is 10.2 Å². The van der Waals surface area contributed by atoms with Crippen LogP contribution in [-0.4, -0.2) is 17.3 Å². The lowest BCUT2D eigenvalue weighted by atomic mass is 10.0. The predicted octanol–water partition coefficient (Wildman–Crippen LogP) is 2.77. The van der Waals surface area contributed by atoms with E-state index in [4.69, 9.17) is 10.5 Å². The zero-order valence-electron chi connectivity index (χ0n) is 10.6. The fraction of sp³-hybridized carbons (Fsp3) is 0.231. The quantitative estimate of drug-likeness (QED) is 0.867. The molecule has 1 heterocycles. The maximum absolute atomic E-state index is 13.9. The third-order valence-corrected chi connectivity index (χ3v) is 3.43. The summed E-state index contributed by atoms with van der Waals surface area (Å²) in [4.78, 5) is 0. The third-order valence-electron chi connectivity index (χ3n) is 2.81. The number of methoxy groups -OCH3 is 1. The second-order valence-electron chi connectivity index (χ2n) is 4.13. The molecule has 1 aromatic carbocycles. The summed E-state index contributed by atoms with van der Waals surface area (Å²) in [6.07, 6.45) is -0.0158. The predicted molar refractivity (Wildman–Crippen MR) is 73.3 cm³/mol. The summed E-state index contributed by atoms with van der Waals surface area (Å²) in [5.41, 5.74) is 6.27. The Morgan fingerprint density at radius 2 is 2.00 bits per heavy atom. The fourth-order valence-electron chi connectivity index (χ4n) is 1.72. The molecule has 1 atom stereocenters. The van der Waals surface area contributed by atoms with Crippen molar-refractivity contribution < 1.29 is 13.5 Å². The molecule has 0 saturated heterocycles. The van der Waals surface area contributed by atoms with Crippen LogP contribution in [0.3, 0.4) is 0 Å². The summed E-state index contributed by atoms with van der Waals surface area (Å²) >= 11 is 3.02. The number of halogens is 3. The lowest BCUT2D eigenvalue weighted by Gasteiger charge is -2.12. The Morgan fingerprint density at radius 1 is 1.25 bits per heavy atom. The Morgan fingerprint density at radius 3 is 2.60 bits per heavy atom. The van der Waals surface area contributed by atoms with Crippen LogP contribution in [0.15, 0.2) is 28.7 Å². The highest BCUT2D eigenvalue weighted by atomic mass is 79.9. The van der Waals surface area contributed by atoms with Crippen molar-refractivity contribution in [2.24, 2.45) is 5.73 Å². The van der Waals surface area contributed by atoms with E-state index in [2.05, 4.69) is 26.1 Å². The van der Waals surface area contributed by atoms with Crippen molar-refractivity contribution in [1.29, 1.82) is 0 Å². The molecule has 0 radical (unpaired) electrons. The lowest BCUT2D eigenvalue weighted by Crippen LogP contribution is -2.17. The normalized spacial score (nSPS) is 12.2. The number of hydrogen-bond acceptors (Lipinski definition) is 4. The second-order valence-corrected chi connectivity index (χ2v) is 4.99. The molecule has 7 heteroatoms. The van der Waals surface area contributed by atoms with Crippen molar-refractivity contribution >= 4 is 15.9 Å². The number of aromatic nitrogens is 2. The average Bonchev–Trinajstić information content (AvgIpc) is 2.47. The van der Waals surface area contributed by atoms with E-state index in [1.807, 2.05) is 0 Å². The van der Waals surface area contributed by atoms with Gasteiger partial charge in [0.25, 0.3) is 0 Å². The third kappa shape index (κ3) is 3.10. The smallest absolute Gasteiger partial charge is 0.233 e. The fourth-order valence-corrected chi connectivity index (χ4v) is 2.09. The summed E-state index contributed by atoms with van der Waals surface area (Å²) in [6.45, 7) is 0. The number of benzene rings is 1. The molecule has 0 spiro atoms. The van der Waals surface area contributed by atoms with Crippen LogP contribution in [-0.2, 0) is 6.42 Å². The molecule has 0 saturated carbocycles. The van der Waals surface area contributed by atoms with E-state index in [0.717, 1.165) is 0 Å². The van der Waals surface area contributed by atoms with E-state index in [1.54, 1.807) is 12.1 Å². The van der Waals surface area contributed by atoms with Gasteiger partial charge in [0.2, 0.25) is 5.88 Å². The highest BCUT2D eigenvalue weighted by molar-refractivity contribution is 9.10. The van der Waals surface area contributed by atoms with Crippen LogP contribution < -0.4 is 10.5 Å². The number of nitrogens with two attached hydrogens (primary N) is 1. The van der Waals surface area contributed by atoms with Crippen molar-refractivity contribution in [3.05, 3.63) is 51.6 Å². The van der Waals surface area contributed by atoms with Gasteiger partial charge in [-0.05, 0) is 40.5 Å². The molecule has 2 N–H and O–H groups in total. The highest BCUT2D eigenvalue weighted by Crippen LogP contribution is 2.25. The Hall–Kier alpha value is -1.60. The molecule has 20 heavy (non-hydrogen) atoms. The molecule has 0 aliphatic heterocycles. The molecule has 2 rings (SSSR count). The number of nitrogens with zero attached hydrogens (tertiary/aromatic N) is 2. The zero-order chi connectivity index (χ0) is 14.7. The number of ether oxygens (including phenoxy) is 1. The van der Waals surface area contributed by atoms with Gasteiger partial charge in [-0.2, -0.15) is 5.10 Å². The van der Waals surface area contributed by atoms with Crippen LogP contribution in [0.25, 0.3) is 0 Å². The number of hydrogen-bond donors (Lipinski definition) is 1. The minimum Gasteiger partial charge on any atom is -0.480 e. The number of rotatable bonds is 4.